The Morgan fingerprint density at radius 1 is 1.53 bits per heavy atom. The maximum Gasteiger partial charge on any atom is 0.303 e. The van der Waals surface area contributed by atoms with Crippen LogP contribution in [0, 0.1) is 15.9 Å². The molecule has 0 atom stereocenters. The first kappa shape index (κ1) is 14.9. The van der Waals surface area contributed by atoms with Gasteiger partial charge in [-0.05, 0) is 26.3 Å². The maximum atomic E-state index is 13.7. The van der Waals surface area contributed by atoms with Gasteiger partial charge in [0.05, 0.1) is 4.92 Å². The van der Waals surface area contributed by atoms with Gasteiger partial charge in [0, 0.05) is 18.0 Å². The molecule has 19 heavy (non-hydrogen) atoms. The number of nitro groups is 1. The summed E-state index contributed by atoms with van der Waals surface area (Å²) in [6.07, 6.45) is 0.107. The van der Waals surface area contributed by atoms with Gasteiger partial charge in [0.15, 0.2) is 5.82 Å². The molecule has 0 saturated heterocycles. The fourth-order valence-corrected chi connectivity index (χ4v) is 1.61. The van der Waals surface area contributed by atoms with E-state index in [9.17, 15) is 19.3 Å². The summed E-state index contributed by atoms with van der Waals surface area (Å²) in [6.45, 7) is 3.32. The van der Waals surface area contributed by atoms with Crippen LogP contribution in [-0.2, 0) is 4.79 Å². The van der Waals surface area contributed by atoms with Gasteiger partial charge in [0.1, 0.15) is 5.69 Å². The molecule has 1 rings (SSSR count). The first-order chi connectivity index (χ1) is 8.73. The number of hydrogen-bond donors (Lipinski definition) is 2. The average Bonchev–Trinajstić information content (AvgIpc) is 2.29. The number of nitrogens with one attached hydrogen (secondary N) is 1. The van der Waals surface area contributed by atoms with Gasteiger partial charge in [-0.2, -0.15) is 0 Å². The molecule has 7 heteroatoms. The zero-order valence-corrected chi connectivity index (χ0v) is 10.6. The zero-order valence-electron chi connectivity index (χ0n) is 10.6. The van der Waals surface area contributed by atoms with E-state index in [1.54, 1.807) is 13.8 Å². The normalized spacial score (nSPS) is 11.1. The highest BCUT2D eigenvalue weighted by Gasteiger charge is 2.25. The van der Waals surface area contributed by atoms with Gasteiger partial charge < -0.3 is 10.4 Å². The van der Waals surface area contributed by atoms with Crippen molar-refractivity contribution in [2.75, 3.05) is 5.32 Å². The van der Waals surface area contributed by atoms with E-state index in [4.69, 9.17) is 5.11 Å². The number of aliphatic carboxylic acids is 1. The van der Waals surface area contributed by atoms with Crippen molar-refractivity contribution < 1.29 is 19.2 Å². The van der Waals surface area contributed by atoms with Crippen LogP contribution in [0.25, 0.3) is 0 Å². The van der Waals surface area contributed by atoms with Gasteiger partial charge in [0.2, 0.25) is 0 Å². The monoisotopic (exact) mass is 270 g/mol. The molecule has 0 amide bonds. The smallest absolute Gasteiger partial charge is 0.303 e. The topological polar surface area (TPSA) is 92.5 Å². The Morgan fingerprint density at radius 3 is 2.68 bits per heavy atom. The first-order valence-electron chi connectivity index (χ1n) is 5.66. The molecule has 0 unspecified atom stereocenters. The second kappa shape index (κ2) is 5.64. The summed E-state index contributed by atoms with van der Waals surface area (Å²) in [5.41, 5.74) is -1.36. The van der Waals surface area contributed by atoms with Crippen molar-refractivity contribution in [1.82, 2.24) is 0 Å². The minimum atomic E-state index is -0.974. The average molecular weight is 270 g/mol. The number of hydrogen-bond acceptors (Lipinski definition) is 4. The quantitative estimate of drug-likeness (QED) is 0.612. The molecular formula is C12H15FN2O4. The summed E-state index contributed by atoms with van der Waals surface area (Å²) in [6, 6.07) is 3.56. The molecule has 2 N–H and O–H groups in total. The molecule has 0 aliphatic carbocycles. The largest absolute Gasteiger partial charge is 0.481 e. The lowest BCUT2D eigenvalue weighted by atomic mass is 9.97. The minimum Gasteiger partial charge on any atom is -0.481 e. The zero-order chi connectivity index (χ0) is 14.6. The maximum absolute atomic E-state index is 13.7. The van der Waals surface area contributed by atoms with Crippen LogP contribution >= 0.6 is 0 Å². The number of rotatable bonds is 6. The minimum absolute atomic E-state index is 0.109. The lowest BCUT2D eigenvalue weighted by Gasteiger charge is -2.26. The third-order valence-electron chi connectivity index (χ3n) is 2.62. The third-order valence-corrected chi connectivity index (χ3v) is 2.62. The molecule has 0 aliphatic heterocycles. The van der Waals surface area contributed by atoms with Crippen molar-refractivity contribution in [3.63, 3.8) is 0 Å². The van der Waals surface area contributed by atoms with Gasteiger partial charge in [-0.3, -0.25) is 14.9 Å². The van der Waals surface area contributed by atoms with E-state index in [2.05, 4.69) is 5.32 Å². The van der Waals surface area contributed by atoms with Crippen LogP contribution in [0.1, 0.15) is 26.7 Å². The SMILES string of the molecule is CC(C)(CCC(=O)O)Nc1c(F)cccc1[N+](=O)[O-]. The number of nitro benzene ring substituents is 1. The van der Waals surface area contributed by atoms with E-state index in [0.717, 1.165) is 6.07 Å². The van der Waals surface area contributed by atoms with Crippen LogP contribution < -0.4 is 5.32 Å². The lowest BCUT2D eigenvalue weighted by molar-refractivity contribution is -0.384. The van der Waals surface area contributed by atoms with Gasteiger partial charge in [0.25, 0.3) is 5.69 Å². The number of carboxylic acid groups (broad SMARTS) is 1. The summed E-state index contributed by atoms with van der Waals surface area (Å²) >= 11 is 0. The van der Waals surface area contributed by atoms with Crippen molar-refractivity contribution >= 4 is 17.3 Å². The number of anilines is 1. The second-order valence-corrected chi connectivity index (χ2v) is 4.79. The fraction of sp³-hybridized carbons (Fsp3) is 0.417. The number of carbonyl (C=O) groups is 1. The number of nitrogens with zero attached hydrogens (tertiary/aromatic N) is 1. The molecule has 0 heterocycles. The highest BCUT2D eigenvalue weighted by atomic mass is 19.1. The highest BCUT2D eigenvalue weighted by Crippen LogP contribution is 2.30. The van der Waals surface area contributed by atoms with Crippen molar-refractivity contribution in [1.29, 1.82) is 0 Å². The van der Waals surface area contributed by atoms with Crippen LogP contribution in [0.15, 0.2) is 18.2 Å². The summed E-state index contributed by atoms with van der Waals surface area (Å²) in [5.74, 6) is -1.71. The van der Waals surface area contributed by atoms with Crippen LogP contribution in [0.5, 0.6) is 0 Å². The molecule has 104 valence electrons. The molecule has 0 spiro atoms. The highest BCUT2D eigenvalue weighted by molar-refractivity contribution is 5.67. The molecular weight excluding hydrogens is 255 g/mol. The predicted octanol–water partition coefficient (Wildman–Crippen LogP) is 2.79. The van der Waals surface area contributed by atoms with E-state index < -0.39 is 22.2 Å². The fourth-order valence-electron chi connectivity index (χ4n) is 1.61. The Morgan fingerprint density at radius 2 is 2.16 bits per heavy atom. The predicted molar refractivity (Wildman–Crippen MR) is 67.6 cm³/mol. The summed E-state index contributed by atoms with van der Waals surface area (Å²) in [5, 5.41) is 22.2. The molecule has 0 aliphatic rings. The summed E-state index contributed by atoms with van der Waals surface area (Å²) in [7, 11) is 0. The molecule has 6 nitrogen and oxygen atoms in total. The van der Waals surface area contributed by atoms with E-state index >= 15 is 0 Å². The lowest BCUT2D eigenvalue weighted by Crippen LogP contribution is -2.32. The van der Waals surface area contributed by atoms with Crippen LogP contribution in [0.3, 0.4) is 0 Å². The van der Waals surface area contributed by atoms with E-state index in [0.29, 0.717) is 0 Å². The number of halogens is 1. The van der Waals surface area contributed by atoms with Crippen molar-refractivity contribution in [3.8, 4) is 0 Å². The van der Waals surface area contributed by atoms with Crippen molar-refractivity contribution in [3.05, 3.63) is 34.1 Å². The van der Waals surface area contributed by atoms with Crippen LogP contribution in [-0.4, -0.2) is 21.5 Å². The Balaban J connectivity index is 2.98. The van der Waals surface area contributed by atoms with Gasteiger partial charge in [-0.25, -0.2) is 4.39 Å². The van der Waals surface area contributed by atoms with E-state index in [-0.39, 0.29) is 24.2 Å². The van der Waals surface area contributed by atoms with E-state index in [1.165, 1.54) is 12.1 Å². The third kappa shape index (κ3) is 4.20. The van der Waals surface area contributed by atoms with Gasteiger partial charge >= 0.3 is 5.97 Å². The number of benzene rings is 1. The second-order valence-electron chi connectivity index (χ2n) is 4.79. The Hall–Kier alpha value is -2.18. The van der Waals surface area contributed by atoms with Gasteiger partial charge in [-0.15, -0.1) is 0 Å². The van der Waals surface area contributed by atoms with E-state index in [1.807, 2.05) is 0 Å². The first-order valence-corrected chi connectivity index (χ1v) is 5.66. The van der Waals surface area contributed by atoms with Crippen molar-refractivity contribution in [2.45, 2.75) is 32.2 Å². The molecule has 0 fully saturated rings. The summed E-state index contributed by atoms with van der Waals surface area (Å²) < 4.78 is 13.7. The summed E-state index contributed by atoms with van der Waals surface area (Å²) in [4.78, 5) is 20.7. The van der Waals surface area contributed by atoms with Crippen molar-refractivity contribution in [2.24, 2.45) is 0 Å². The Bertz CT molecular complexity index is 503. The number of carboxylic acids is 1. The van der Waals surface area contributed by atoms with Gasteiger partial charge in [-0.1, -0.05) is 6.07 Å². The molecule has 0 aromatic heterocycles. The molecule has 1 aromatic carbocycles. The standard InChI is InChI=1S/C12H15FN2O4/c1-12(2,7-6-10(16)17)14-11-8(13)4-3-5-9(11)15(18)19/h3-5,14H,6-7H2,1-2H3,(H,16,17). The Labute approximate surface area is 109 Å². The van der Waals surface area contributed by atoms with Crippen LogP contribution in [0.4, 0.5) is 15.8 Å². The molecule has 0 bridgehead atoms. The molecule has 1 aromatic rings. The number of para-hydroxylation sites is 1. The van der Waals surface area contributed by atoms with Crippen LogP contribution in [0.2, 0.25) is 0 Å². The molecule has 0 radical (unpaired) electrons. The Kier molecular flexibility index (Phi) is 4.42. The molecule has 0 saturated carbocycles.